The van der Waals surface area contributed by atoms with E-state index in [1.54, 1.807) is 15.9 Å². The molecule has 2 aromatic heterocycles. The molecule has 0 radical (unpaired) electrons. The van der Waals surface area contributed by atoms with E-state index >= 15 is 0 Å². The number of sulfonamides is 1. The van der Waals surface area contributed by atoms with E-state index in [1.807, 2.05) is 24.4 Å². The topological polar surface area (TPSA) is 84.3 Å². The van der Waals surface area contributed by atoms with E-state index in [0.717, 1.165) is 4.88 Å². The van der Waals surface area contributed by atoms with Crippen molar-refractivity contribution in [3.63, 3.8) is 0 Å². The minimum absolute atomic E-state index is 0.0500. The van der Waals surface area contributed by atoms with Crippen molar-refractivity contribution in [1.82, 2.24) is 19.2 Å². The van der Waals surface area contributed by atoms with Gasteiger partial charge in [-0.1, -0.05) is 6.07 Å². The summed E-state index contributed by atoms with van der Waals surface area (Å²) < 4.78 is 28.6. The van der Waals surface area contributed by atoms with E-state index < -0.39 is 10.0 Å². The van der Waals surface area contributed by atoms with Crippen molar-refractivity contribution >= 4 is 27.3 Å². The minimum atomic E-state index is -3.65. The molecule has 0 spiro atoms. The highest BCUT2D eigenvalue weighted by Crippen LogP contribution is 2.23. The first kappa shape index (κ1) is 18.1. The van der Waals surface area contributed by atoms with Crippen molar-refractivity contribution < 1.29 is 13.2 Å². The molecule has 1 aliphatic heterocycles. The van der Waals surface area contributed by atoms with Crippen molar-refractivity contribution in [3.05, 3.63) is 34.9 Å². The Bertz CT molecular complexity index is 814. The highest BCUT2D eigenvalue weighted by atomic mass is 32.2. The number of hydrogen-bond acceptors (Lipinski definition) is 5. The molecule has 25 heavy (non-hydrogen) atoms. The molecule has 3 heterocycles. The second-order valence-corrected chi connectivity index (χ2v) is 8.96. The van der Waals surface area contributed by atoms with Crippen LogP contribution in [0.25, 0.3) is 0 Å². The molecule has 1 amide bonds. The van der Waals surface area contributed by atoms with Crippen molar-refractivity contribution in [1.29, 1.82) is 0 Å². The van der Waals surface area contributed by atoms with Gasteiger partial charge in [-0.05, 0) is 31.2 Å². The van der Waals surface area contributed by atoms with Crippen LogP contribution in [-0.4, -0.2) is 41.3 Å². The number of nitrogens with one attached hydrogen (secondary N) is 1. The second kappa shape index (κ2) is 7.67. The first-order valence-corrected chi connectivity index (χ1v) is 10.6. The summed E-state index contributed by atoms with van der Waals surface area (Å²) in [5, 5.41) is 4.92. The third kappa shape index (κ3) is 4.10. The number of aryl methyl sites for hydroxylation is 1. The number of piperidine rings is 1. The Morgan fingerprint density at radius 2 is 2.32 bits per heavy atom. The number of aromatic nitrogens is 2. The molecule has 0 aromatic carbocycles. The van der Waals surface area contributed by atoms with Crippen LogP contribution in [0.1, 0.15) is 24.6 Å². The average Bonchev–Trinajstić information content (AvgIpc) is 3.31. The molecule has 2 aromatic rings. The van der Waals surface area contributed by atoms with Crippen LogP contribution in [0, 0.1) is 5.92 Å². The average molecular weight is 383 g/mol. The Kier molecular flexibility index (Phi) is 5.55. The van der Waals surface area contributed by atoms with Crippen LogP contribution < -0.4 is 5.32 Å². The van der Waals surface area contributed by atoms with Crippen LogP contribution in [0.4, 0.5) is 0 Å². The summed E-state index contributed by atoms with van der Waals surface area (Å²) in [6.45, 7) is 3.71. The Morgan fingerprint density at radius 3 is 3.00 bits per heavy atom. The van der Waals surface area contributed by atoms with Crippen LogP contribution in [0.15, 0.2) is 35.1 Å². The molecule has 1 aliphatic rings. The molecule has 1 N–H and O–H groups in total. The van der Waals surface area contributed by atoms with Crippen LogP contribution in [0.5, 0.6) is 0 Å². The number of imidazole rings is 1. The van der Waals surface area contributed by atoms with Gasteiger partial charge in [0.1, 0.15) is 0 Å². The van der Waals surface area contributed by atoms with Crippen molar-refractivity contribution in [2.24, 2.45) is 5.92 Å². The number of rotatable bonds is 6. The van der Waals surface area contributed by atoms with Gasteiger partial charge in [0, 0.05) is 30.7 Å². The fraction of sp³-hybridized carbons (Fsp3) is 0.500. The molecular formula is C16H22N4O3S2. The van der Waals surface area contributed by atoms with Crippen molar-refractivity contribution in [3.8, 4) is 0 Å². The Balaban J connectivity index is 1.64. The summed E-state index contributed by atoms with van der Waals surface area (Å²) in [6, 6.07) is 3.91. The highest BCUT2D eigenvalue weighted by molar-refractivity contribution is 7.89. The van der Waals surface area contributed by atoms with Crippen LogP contribution in [0.2, 0.25) is 0 Å². The number of carbonyl (C=O) groups excluding carboxylic acids is 1. The molecule has 1 saturated heterocycles. The molecular weight excluding hydrogens is 360 g/mol. The lowest BCUT2D eigenvalue weighted by atomic mass is 9.99. The third-order valence-electron chi connectivity index (χ3n) is 4.35. The lowest BCUT2D eigenvalue weighted by molar-refractivity contribution is -0.126. The maximum absolute atomic E-state index is 12.7. The SMILES string of the molecule is CCn1cnc(S(=O)(=O)N2CCC[C@@H](C(=O)NCc3cccs3)C2)c1. The summed E-state index contributed by atoms with van der Waals surface area (Å²) in [5.41, 5.74) is 0. The van der Waals surface area contributed by atoms with Gasteiger partial charge >= 0.3 is 0 Å². The molecule has 3 rings (SSSR count). The number of amides is 1. The Hall–Kier alpha value is -1.71. The molecule has 1 fully saturated rings. The number of hydrogen-bond donors (Lipinski definition) is 1. The third-order valence-corrected chi connectivity index (χ3v) is 6.98. The standard InChI is InChI=1S/C16H22N4O3S2/c1-2-19-11-15(18-12-19)25(22,23)20-7-3-5-13(10-20)16(21)17-9-14-6-4-8-24-14/h4,6,8,11-13H,2-3,5,7,9-10H2,1H3,(H,17,21)/t13-/m1/s1. The van der Waals surface area contributed by atoms with Crippen LogP contribution in [0.3, 0.4) is 0 Å². The predicted octanol–water partition coefficient (Wildman–Crippen LogP) is 1.68. The van der Waals surface area contributed by atoms with Gasteiger partial charge in [-0.2, -0.15) is 4.31 Å². The Labute approximate surface area is 151 Å². The molecule has 136 valence electrons. The van der Waals surface area contributed by atoms with E-state index in [9.17, 15) is 13.2 Å². The lowest BCUT2D eigenvalue weighted by Crippen LogP contribution is -2.45. The zero-order valence-corrected chi connectivity index (χ0v) is 15.7. The molecule has 0 unspecified atom stereocenters. The highest BCUT2D eigenvalue weighted by Gasteiger charge is 2.34. The van der Waals surface area contributed by atoms with E-state index in [4.69, 9.17) is 0 Å². The molecule has 0 aliphatic carbocycles. The van der Waals surface area contributed by atoms with Gasteiger partial charge < -0.3 is 9.88 Å². The van der Waals surface area contributed by atoms with Gasteiger partial charge in [0.15, 0.2) is 5.03 Å². The summed E-state index contributed by atoms with van der Waals surface area (Å²) >= 11 is 1.59. The minimum Gasteiger partial charge on any atom is -0.351 e. The number of nitrogens with zero attached hydrogens (tertiary/aromatic N) is 3. The van der Waals surface area contributed by atoms with Crippen molar-refractivity contribution in [2.75, 3.05) is 13.1 Å². The predicted molar refractivity (Wildman–Crippen MR) is 95.5 cm³/mol. The van der Waals surface area contributed by atoms with Gasteiger partial charge in [-0.3, -0.25) is 4.79 Å². The molecule has 9 heteroatoms. The normalized spacial score (nSPS) is 19.0. The van der Waals surface area contributed by atoms with E-state index in [-0.39, 0.29) is 23.4 Å². The summed E-state index contributed by atoms with van der Waals surface area (Å²) in [5.74, 6) is -0.413. The zero-order valence-electron chi connectivity index (χ0n) is 14.1. The second-order valence-electron chi connectivity index (χ2n) is 6.04. The quantitative estimate of drug-likeness (QED) is 0.824. The van der Waals surface area contributed by atoms with Gasteiger partial charge in [0.05, 0.1) is 18.8 Å². The first-order valence-electron chi connectivity index (χ1n) is 8.32. The van der Waals surface area contributed by atoms with Gasteiger partial charge in [-0.25, -0.2) is 13.4 Å². The van der Waals surface area contributed by atoms with Crippen LogP contribution in [-0.2, 0) is 27.9 Å². The van der Waals surface area contributed by atoms with Crippen molar-refractivity contribution in [2.45, 2.75) is 37.9 Å². The first-order chi connectivity index (χ1) is 12.0. The molecule has 1 atom stereocenters. The summed E-state index contributed by atoms with van der Waals surface area (Å²) in [4.78, 5) is 17.5. The number of carbonyl (C=O) groups is 1. The van der Waals surface area contributed by atoms with Crippen LogP contribution >= 0.6 is 11.3 Å². The van der Waals surface area contributed by atoms with Gasteiger partial charge in [0.25, 0.3) is 10.0 Å². The fourth-order valence-electron chi connectivity index (χ4n) is 2.88. The molecule has 0 saturated carbocycles. The molecule has 7 nitrogen and oxygen atoms in total. The van der Waals surface area contributed by atoms with E-state index in [1.165, 1.54) is 16.8 Å². The largest absolute Gasteiger partial charge is 0.351 e. The smallest absolute Gasteiger partial charge is 0.262 e. The molecule has 0 bridgehead atoms. The lowest BCUT2D eigenvalue weighted by Gasteiger charge is -2.30. The Morgan fingerprint density at radius 1 is 1.48 bits per heavy atom. The maximum Gasteiger partial charge on any atom is 0.262 e. The fourth-order valence-corrected chi connectivity index (χ4v) is 4.99. The maximum atomic E-state index is 12.7. The van der Waals surface area contributed by atoms with E-state index in [0.29, 0.717) is 32.5 Å². The van der Waals surface area contributed by atoms with Gasteiger partial charge in [0.2, 0.25) is 5.91 Å². The summed E-state index contributed by atoms with van der Waals surface area (Å²) in [6.07, 6.45) is 4.42. The summed E-state index contributed by atoms with van der Waals surface area (Å²) in [7, 11) is -3.65. The van der Waals surface area contributed by atoms with E-state index in [2.05, 4.69) is 10.3 Å². The van der Waals surface area contributed by atoms with Gasteiger partial charge in [-0.15, -0.1) is 11.3 Å². The monoisotopic (exact) mass is 382 g/mol. The zero-order chi connectivity index (χ0) is 17.9. The number of thiophene rings is 1.